The molecule has 1 atom stereocenters. The third-order valence-electron chi connectivity index (χ3n) is 3.60. The molecule has 4 nitrogen and oxygen atoms in total. The molecule has 2 aromatic carbocycles. The molecule has 0 aliphatic carbocycles. The molecule has 0 aromatic heterocycles. The van der Waals surface area contributed by atoms with Gasteiger partial charge in [0.15, 0.2) is 11.5 Å². The highest BCUT2D eigenvalue weighted by molar-refractivity contribution is 5.53. The maximum atomic E-state index is 5.78. The molecule has 0 amide bonds. The van der Waals surface area contributed by atoms with Crippen LogP contribution in [0.15, 0.2) is 42.5 Å². The number of benzene rings is 2. The molecular formula is C18H21NO3. The van der Waals surface area contributed by atoms with Gasteiger partial charge in [0, 0.05) is 17.3 Å². The molecule has 0 radical (unpaired) electrons. The molecule has 1 heterocycles. The van der Waals surface area contributed by atoms with E-state index in [1.807, 2.05) is 30.3 Å². The molecule has 3 rings (SSSR count). The molecule has 1 unspecified atom stereocenters. The summed E-state index contributed by atoms with van der Waals surface area (Å²) in [5.74, 6) is 2.28. The third-order valence-corrected chi connectivity index (χ3v) is 3.60. The lowest BCUT2D eigenvalue weighted by atomic mass is 10.2. The Labute approximate surface area is 130 Å². The zero-order chi connectivity index (χ0) is 15.4. The van der Waals surface area contributed by atoms with Crippen LogP contribution < -0.4 is 19.9 Å². The average molecular weight is 299 g/mol. The van der Waals surface area contributed by atoms with Crippen molar-refractivity contribution in [3.63, 3.8) is 0 Å². The fourth-order valence-corrected chi connectivity index (χ4v) is 2.37. The van der Waals surface area contributed by atoms with Crippen LogP contribution in [0, 0.1) is 0 Å². The number of ether oxygens (including phenoxy) is 3. The number of rotatable bonds is 6. The van der Waals surface area contributed by atoms with Crippen molar-refractivity contribution in [2.75, 3.05) is 12.3 Å². The topological polar surface area (TPSA) is 53.7 Å². The van der Waals surface area contributed by atoms with Gasteiger partial charge in [-0.2, -0.15) is 0 Å². The first kappa shape index (κ1) is 14.6. The fraction of sp³-hybridized carbons (Fsp3) is 0.333. The standard InChI is InChI=1S/C18H21NO3/c1-2-3-4-11-20-15-8-5-13(6-9-15)18-21-16-10-7-14(19)12-17(16)22-18/h5-10,12,18H,2-4,11,19H2,1H3. The minimum absolute atomic E-state index is 0.425. The Balaban J connectivity index is 1.60. The lowest BCUT2D eigenvalue weighted by Crippen LogP contribution is -2.07. The molecule has 1 aliphatic rings. The summed E-state index contributed by atoms with van der Waals surface area (Å²) in [5, 5.41) is 0. The fourth-order valence-electron chi connectivity index (χ4n) is 2.37. The van der Waals surface area contributed by atoms with Crippen molar-refractivity contribution < 1.29 is 14.2 Å². The zero-order valence-electron chi connectivity index (χ0n) is 12.7. The second-order valence-electron chi connectivity index (χ2n) is 5.40. The van der Waals surface area contributed by atoms with E-state index in [0.29, 0.717) is 11.4 Å². The van der Waals surface area contributed by atoms with Crippen molar-refractivity contribution in [3.05, 3.63) is 48.0 Å². The molecule has 116 valence electrons. The predicted molar refractivity (Wildman–Crippen MR) is 86.3 cm³/mol. The maximum Gasteiger partial charge on any atom is 0.267 e. The second kappa shape index (κ2) is 6.60. The Morgan fingerprint density at radius 3 is 2.55 bits per heavy atom. The van der Waals surface area contributed by atoms with E-state index in [9.17, 15) is 0 Å². The van der Waals surface area contributed by atoms with Gasteiger partial charge < -0.3 is 19.9 Å². The molecule has 0 spiro atoms. The number of unbranched alkanes of at least 4 members (excludes halogenated alkanes) is 2. The van der Waals surface area contributed by atoms with Crippen molar-refractivity contribution >= 4 is 5.69 Å². The van der Waals surface area contributed by atoms with Gasteiger partial charge in [-0.05, 0) is 42.8 Å². The van der Waals surface area contributed by atoms with Crippen LogP contribution in [0.5, 0.6) is 17.2 Å². The minimum Gasteiger partial charge on any atom is -0.494 e. The number of anilines is 1. The number of fused-ring (bicyclic) bond motifs is 1. The van der Waals surface area contributed by atoms with Gasteiger partial charge >= 0.3 is 0 Å². The van der Waals surface area contributed by atoms with E-state index >= 15 is 0 Å². The molecule has 0 bridgehead atoms. The van der Waals surface area contributed by atoms with Crippen LogP contribution >= 0.6 is 0 Å². The van der Waals surface area contributed by atoms with Crippen molar-refractivity contribution in [1.29, 1.82) is 0 Å². The Morgan fingerprint density at radius 1 is 1.00 bits per heavy atom. The van der Waals surface area contributed by atoms with E-state index in [-0.39, 0.29) is 0 Å². The van der Waals surface area contributed by atoms with Crippen LogP contribution in [0.4, 0.5) is 5.69 Å². The molecule has 0 saturated heterocycles. The highest BCUT2D eigenvalue weighted by Gasteiger charge is 2.25. The van der Waals surface area contributed by atoms with E-state index in [0.717, 1.165) is 30.1 Å². The summed E-state index contributed by atoms with van der Waals surface area (Å²) in [6, 6.07) is 13.2. The van der Waals surface area contributed by atoms with Gasteiger partial charge in [-0.25, -0.2) is 0 Å². The van der Waals surface area contributed by atoms with E-state index in [2.05, 4.69) is 6.92 Å². The quantitative estimate of drug-likeness (QED) is 0.638. The number of nitrogen functional groups attached to an aromatic ring is 1. The predicted octanol–water partition coefficient (Wildman–Crippen LogP) is 4.31. The van der Waals surface area contributed by atoms with E-state index in [1.165, 1.54) is 12.8 Å². The molecule has 22 heavy (non-hydrogen) atoms. The first-order valence-electron chi connectivity index (χ1n) is 7.72. The molecule has 2 N–H and O–H groups in total. The van der Waals surface area contributed by atoms with Gasteiger partial charge in [0.25, 0.3) is 6.29 Å². The van der Waals surface area contributed by atoms with Gasteiger partial charge in [-0.15, -0.1) is 0 Å². The molecule has 0 saturated carbocycles. The minimum atomic E-state index is -0.425. The van der Waals surface area contributed by atoms with Crippen molar-refractivity contribution in [2.24, 2.45) is 0 Å². The Kier molecular flexibility index (Phi) is 4.37. The smallest absolute Gasteiger partial charge is 0.267 e. The first-order chi connectivity index (χ1) is 10.8. The molecule has 2 aromatic rings. The van der Waals surface area contributed by atoms with Crippen LogP contribution in [0.1, 0.15) is 38.0 Å². The highest BCUT2D eigenvalue weighted by atomic mass is 16.7. The van der Waals surface area contributed by atoms with Gasteiger partial charge in [0.2, 0.25) is 0 Å². The summed E-state index contributed by atoms with van der Waals surface area (Å²) in [7, 11) is 0. The lowest BCUT2D eigenvalue weighted by molar-refractivity contribution is 0.0487. The van der Waals surface area contributed by atoms with Crippen LogP contribution in [0.3, 0.4) is 0 Å². The lowest BCUT2D eigenvalue weighted by Gasteiger charge is -2.11. The number of hydrogen-bond acceptors (Lipinski definition) is 4. The Hall–Kier alpha value is -2.36. The average Bonchev–Trinajstić information content (AvgIpc) is 2.95. The summed E-state index contributed by atoms with van der Waals surface area (Å²) < 4.78 is 17.3. The largest absolute Gasteiger partial charge is 0.494 e. The Morgan fingerprint density at radius 2 is 1.77 bits per heavy atom. The molecule has 4 heteroatoms. The summed E-state index contributed by atoms with van der Waals surface area (Å²) in [6.07, 6.45) is 3.06. The zero-order valence-corrected chi connectivity index (χ0v) is 12.7. The molecular weight excluding hydrogens is 278 g/mol. The van der Waals surface area contributed by atoms with Gasteiger partial charge in [-0.1, -0.05) is 19.8 Å². The van der Waals surface area contributed by atoms with Crippen LogP contribution in [-0.4, -0.2) is 6.61 Å². The third kappa shape index (κ3) is 3.27. The summed E-state index contributed by atoms with van der Waals surface area (Å²) in [4.78, 5) is 0. The summed E-state index contributed by atoms with van der Waals surface area (Å²) in [6.45, 7) is 2.94. The van der Waals surface area contributed by atoms with Crippen molar-refractivity contribution in [1.82, 2.24) is 0 Å². The monoisotopic (exact) mass is 299 g/mol. The van der Waals surface area contributed by atoms with Crippen LogP contribution in [0.25, 0.3) is 0 Å². The molecule has 1 aliphatic heterocycles. The number of hydrogen-bond donors (Lipinski definition) is 1. The molecule has 0 fully saturated rings. The Bertz CT molecular complexity index is 625. The first-order valence-corrected chi connectivity index (χ1v) is 7.72. The second-order valence-corrected chi connectivity index (χ2v) is 5.40. The maximum absolute atomic E-state index is 5.78. The number of nitrogens with two attached hydrogens (primary N) is 1. The van der Waals surface area contributed by atoms with Crippen LogP contribution in [0.2, 0.25) is 0 Å². The SMILES string of the molecule is CCCCCOc1ccc(C2Oc3ccc(N)cc3O2)cc1. The van der Waals surface area contributed by atoms with Crippen LogP contribution in [-0.2, 0) is 0 Å². The van der Waals surface area contributed by atoms with Gasteiger partial charge in [0.1, 0.15) is 5.75 Å². The van der Waals surface area contributed by atoms with E-state index < -0.39 is 6.29 Å². The summed E-state index contributed by atoms with van der Waals surface area (Å²) >= 11 is 0. The van der Waals surface area contributed by atoms with Crippen molar-refractivity contribution in [3.8, 4) is 17.2 Å². The van der Waals surface area contributed by atoms with E-state index in [1.54, 1.807) is 12.1 Å². The summed E-state index contributed by atoms with van der Waals surface area (Å²) in [5.41, 5.74) is 7.37. The highest BCUT2D eigenvalue weighted by Crippen LogP contribution is 2.41. The van der Waals surface area contributed by atoms with Crippen molar-refractivity contribution in [2.45, 2.75) is 32.5 Å². The van der Waals surface area contributed by atoms with Gasteiger partial charge in [0.05, 0.1) is 6.61 Å². The normalized spacial score (nSPS) is 15.8. The van der Waals surface area contributed by atoms with Gasteiger partial charge in [-0.3, -0.25) is 0 Å². The van der Waals surface area contributed by atoms with E-state index in [4.69, 9.17) is 19.9 Å².